The zero-order chi connectivity index (χ0) is 7.98. The van der Waals surface area contributed by atoms with Gasteiger partial charge in [0.05, 0.1) is 6.04 Å². The van der Waals surface area contributed by atoms with E-state index in [2.05, 4.69) is 0 Å². The zero-order valence-corrected chi connectivity index (χ0v) is 6.26. The predicted octanol–water partition coefficient (Wildman–Crippen LogP) is -0.506. The van der Waals surface area contributed by atoms with Crippen molar-refractivity contribution in [1.29, 1.82) is 0 Å². The second-order valence-corrected chi connectivity index (χ2v) is 2.26. The predicted molar refractivity (Wildman–Crippen MR) is 39.8 cm³/mol. The monoisotopic (exact) mass is 145 g/mol. The molecule has 4 heteroatoms. The molecule has 0 aliphatic carbocycles. The number of nitrogens with one attached hydrogen (secondary N) is 1. The smallest absolute Gasteiger partial charge is 0.250 e. The normalized spacial score (nSPS) is 12.7. The van der Waals surface area contributed by atoms with Gasteiger partial charge in [-0.15, -0.1) is 0 Å². The van der Waals surface area contributed by atoms with Gasteiger partial charge in [0, 0.05) is 0 Å². The third-order valence-electron chi connectivity index (χ3n) is 1.35. The Labute approximate surface area is 60.9 Å². The lowest BCUT2D eigenvalue weighted by atomic mass is 10.1. The number of carbonyl (C=O) groups excluding carboxylic acids is 1. The Hall–Kier alpha value is -0.610. The van der Waals surface area contributed by atoms with E-state index in [1.165, 1.54) is 0 Å². The molecule has 5 N–H and O–H groups in total. The molecule has 60 valence electrons. The van der Waals surface area contributed by atoms with Gasteiger partial charge in [0.25, 0.3) is 5.91 Å². The molecular weight excluding hydrogens is 130 g/mol. The van der Waals surface area contributed by atoms with Crippen LogP contribution in [0, 0.1) is 0 Å². The van der Waals surface area contributed by atoms with Crippen LogP contribution in [0.5, 0.6) is 0 Å². The third-order valence-corrected chi connectivity index (χ3v) is 1.35. The summed E-state index contributed by atoms with van der Waals surface area (Å²) in [5.74, 6) is 4.58. The number of hydrogen-bond donors (Lipinski definition) is 3. The van der Waals surface area contributed by atoms with Crippen LogP contribution in [-0.4, -0.2) is 11.9 Å². The van der Waals surface area contributed by atoms with Crippen molar-refractivity contribution in [3.8, 4) is 0 Å². The molecule has 0 aromatic rings. The molecule has 4 nitrogen and oxygen atoms in total. The second-order valence-electron chi connectivity index (χ2n) is 2.26. The van der Waals surface area contributed by atoms with Crippen molar-refractivity contribution in [2.75, 3.05) is 0 Å². The third kappa shape index (κ3) is 3.42. The Bertz CT molecular complexity index is 105. The van der Waals surface area contributed by atoms with Gasteiger partial charge < -0.3 is 5.73 Å². The lowest BCUT2D eigenvalue weighted by Gasteiger charge is -2.07. The molecule has 0 rings (SSSR count). The molecule has 1 unspecified atom stereocenters. The van der Waals surface area contributed by atoms with E-state index >= 15 is 0 Å². The Kier molecular flexibility index (Phi) is 4.88. The first-order chi connectivity index (χ1) is 4.72. The maximum Gasteiger partial charge on any atom is 0.250 e. The van der Waals surface area contributed by atoms with Gasteiger partial charge in [0.15, 0.2) is 0 Å². The highest BCUT2D eigenvalue weighted by molar-refractivity contribution is 5.80. The van der Waals surface area contributed by atoms with Gasteiger partial charge in [-0.2, -0.15) is 0 Å². The standard InChI is InChI=1S/C6H15N3O/c1-2-3-4-5(7)6(10)9-8/h5H,2-4,7-8H2,1H3,(H,9,10). The van der Waals surface area contributed by atoms with Gasteiger partial charge in [-0.25, -0.2) is 5.84 Å². The SMILES string of the molecule is CCCCC(N)C(=O)NN. The highest BCUT2D eigenvalue weighted by Crippen LogP contribution is 1.96. The van der Waals surface area contributed by atoms with Crippen molar-refractivity contribution in [3.63, 3.8) is 0 Å². The van der Waals surface area contributed by atoms with Crippen LogP contribution in [0.15, 0.2) is 0 Å². The summed E-state index contributed by atoms with van der Waals surface area (Å²) in [5, 5.41) is 0. The van der Waals surface area contributed by atoms with Gasteiger partial charge in [-0.1, -0.05) is 19.8 Å². The van der Waals surface area contributed by atoms with E-state index in [1.807, 2.05) is 12.3 Å². The van der Waals surface area contributed by atoms with E-state index in [0.717, 1.165) is 12.8 Å². The van der Waals surface area contributed by atoms with Crippen molar-refractivity contribution in [2.45, 2.75) is 32.2 Å². The largest absolute Gasteiger partial charge is 0.320 e. The summed E-state index contributed by atoms with van der Waals surface area (Å²) in [7, 11) is 0. The van der Waals surface area contributed by atoms with Crippen molar-refractivity contribution >= 4 is 5.91 Å². The zero-order valence-electron chi connectivity index (χ0n) is 6.26. The quantitative estimate of drug-likeness (QED) is 0.283. The summed E-state index contributed by atoms with van der Waals surface area (Å²) in [6, 6.07) is -0.440. The fourth-order valence-electron chi connectivity index (χ4n) is 0.662. The minimum Gasteiger partial charge on any atom is -0.320 e. The van der Waals surface area contributed by atoms with Crippen molar-refractivity contribution in [1.82, 2.24) is 5.43 Å². The maximum atomic E-state index is 10.7. The first kappa shape index (κ1) is 9.39. The van der Waals surface area contributed by atoms with E-state index in [0.29, 0.717) is 6.42 Å². The molecule has 0 aliphatic heterocycles. The number of carbonyl (C=O) groups is 1. The van der Waals surface area contributed by atoms with Crippen molar-refractivity contribution in [3.05, 3.63) is 0 Å². The van der Waals surface area contributed by atoms with Gasteiger partial charge in [0.2, 0.25) is 0 Å². The fourth-order valence-corrected chi connectivity index (χ4v) is 0.662. The van der Waals surface area contributed by atoms with Gasteiger partial charge in [-0.3, -0.25) is 10.2 Å². The van der Waals surface area contributed by atoms with Crippen LogP contribution in [0.3, 0.4) is 0 Å². The first-order valence-electron chi connectivity index (χ1n) is 3.48. The molecule has 0 saturated carbocycles. The van der Waals surface area contributed by atoms with Crippen LogP contribution >= 0.6 is 0 Å². The highest BCUT2D eigenvalue weighted by Gasteiger charge is 2.09. The van der Waals surface area contributed by atoms with Gasteiger partial charge in [0.1, 0.15) is 0 Å². The van der Waals surface area contributed by atoms with Gasteiger partial charge >= 0.3 is 0 Å². The summed E-state index contributed by atoms with van der Waals surface area (Å²) in [6.07, 6.45) is 2.72. The summed E-state index contributed by atoms with van der Waals surface area (Å²) in [5.41, 5.74) is 7.43. The summed E-state index contributed by atoms with van der Waals surface area (Å²) >= 11 is 0. The molecule has 10 heavy (non-hydrogen) atoms. The molecule has 0 aliphatic rings. The molecule has 0 fully saturated rings. The van der Waals surface area contributed by atoms with Crippen LogP contribution in [0.25, 0.3) is 0 Å². The van der Waals surface area contributed by atoms with Gasteiger partial charge in [-0.05, 0) is 6.42 Å². The Morgan fingerprint density at radius 3 is 2.70 bits per heavy atom. The molecule has 0 aromatic heterocycles. The average Bonchev–Trinajstić information content (AvgIpc) is 1.98. The molecule has 0 saturated heterocycles. The Morgan fingerprint density at radius 2 is 2.30 bits per heavy atom. The van der Waals surface area contributed by atoms with E-state index in [9.17, 15) is 4.79 Å². The van der Waals surface area contributed by atoms with Crippen molar-refractivity contribution < 1.29 is 4.79 Å². The van der Waals surface area contributed by atoms with Crippen LogP contribution < -0.4 is 17.0 Å². The maximum absolute atomic E-state index is 10.7. The molecule has 0 heterocycles. The minimum atomic E-state index is -0.440. The topological polar surface area (TPSA) is 81.1 Å². The Morgan fingerprint density at radius 1 is 1.70 bits per heavy atom. The molecule has 0 bridgehead atoms. The van der Waals surface area contributed by atoms with Crippen LogP contribution in [0.1, 0.15) is 26.2 Å². The summed E-state index contributed by atoms with van der Waals surface area (Å²) in [6.45, 7) is 2.05. The number of rotatable bonds is 4. The molecule has 1 amide bonds. The van der Waals surface area contributed by atoms with Crippen molar-refractivity contribution in [2.24, 2.45) is 11.6 Å². The Balaban J connectivity index is 3.41. The highest BCUT2D eigenvalue weighted by atomic mass is 16.2. The molecule has 0 radical (unpaired) electrons. The summed E-state index contributed by atoms with van der Waals surface area (Å²) in [4.78, 5) is 10.7. The summed E-state index contributed by atoms with van der Waals surface area (Å²) < 4.78 is 0. The minimum absolute atomic E-state index is 0.284. The van der Waals surface area contributed by atoms with Crippen LogP contribution in [0.4, 0.5) is 0 Å². The van der Waals surface area contributed by atoms with E-state index in [1.54, 1.807) is 0 Å². The average molecular weight is 145 g/mol. The number of nitrogens with two attached hydrogens (primary N) is 2. The number of hydrazine groups is 1. The van der Waals surface area contributed by atoms with E-state index in [4.69, 9.17) is 11.6 Å². The number of unbranched alkanes of at least 4 members (excludes halogenated alkanes) is 1. The van der Waals surface area contributed by atoms with E-state index in [-0.39, 0.29) is 5.91 Å². The number of hydrogen-bond acceptors (Lipinski definition) is 3. The van der Waals surface area contributed by atoms with E-state index < -0.39 is 6.04 Å². The van der Waals surface area contributed by atoms with Crippen LogP contribution in [-0.2, 0) is 4.79 Å². The van der Waals surface area contributed by atoms with Crippen LogP contribution in [0.2, 0.25) is 0 Å². The molecule has 0 spiro atoms. The molecule has 0 aromatic carbocycles. The molecular formula is C6H15N3O. The number of amides is 1. The second kappa shape index (κ2) is 5.20. The lowest BCUT2D eigenvalue weighted by Crippen LogP contribution is -2.43. The first-order valence-corrected chi connectivity index (χ1v) is 3.48. The fraction of sp³-hybridized carbons (Fsp3) is 0.833. The molecule has 1 atom stereocenters. The lowest BCUT2D eigenvalue weighted by molar-refractivity contribution is -0.122.